The van der Waals surface area contributed by atoms with Gasteiger partial charge in [-0.15, -0.1) is 0 Å². The van der Waals surface area contributed by atoms with E-state index < -0.39 is 0 Å². The van der Waals surface area contributed by atoms with Crippen LogP contribution in [-0.2, 0) is 19.2 Å². The van der Waals surface area contributed by atoms with Crippen molar-refractivity contribution in [2.24, 2.45) is 0 Å². The minimum Gasteiger partial charge on any atom is -0.289 e. The smallest absolute Gasteiger partial charge is 0.258 e. The van der Waals surface area contributed by atoms with Crippen molar-refractivity contribution >= 4 is 61.6 Å². The molecule has 1 N–H and O–H groups in total. The van der Waals surface area contributed by atoms with E-state index in [1.165, 1.54) is 34.6 Å². The largest absolute Gasteiger partial charge is 0.289 e. The summed E-state index contributed by atoms with van der Waals surface area (Å²) in [6.07, 6.45) is 5.03. The highest BCUT2D eigenvalue weighted by molar-refractivity contribution is 6.33. The van der Waals surface area contributed by atoms with Crippen LogP contribution in [0.5, 0.6) is 0 Å². The maximum atomic E-state index is 12.1. The molecule has 0 bridgehead atoms. The molecule has 4 aromatic carbocycles. The number of benzene rings is 4. The van der Waals surface area contributed by atoms with Crippen molar-refractivity contribution in [1.29, 1.82) is 0 Å². The summed E-state index contributed by atoms with van der Waals surface area (Å²) in [4.78, 5) is 45.4. The first-order valence-electron chi connectivity index (χ1n) is 9.28. The number of imide groups is 2. The predicted molar refractivity (Wildman–Crippen MR) is 114 cm³/mol. The van der Waals surface area contributed by atoms with Gasteiger partial charge in [-0.1, -0.05) is 48.5 Å². The molecule has 2 heterocycles. The van der Waals surface area contributed by atoms with Gasteiger partial charge in [0.05, 0.1) is 5.69 Å². The van der Waals surface area contributed by atoms with Gasteiger partial charge in [0, 0.05) is 29.7 Å². The summed E-state index contributed by atoms with van der Waals surface area (Å²) >= 11 is 0. The monoisotopic (exact) mass is 394 g/mol. The van der Waals surface area contributed by atoms with Gasteiger partial charge in [-0.25, -0.2) is 4.90 Å². The minimum atomic E-state index is -0.329. The van der Waals surface area contributed by atoms with E-state index in [4.69, 9.17) is 0 Å². The number of nitrogens with zero attached hydrogens (tertiary/aromatic N) is 1. The molecule has 4 aromatic rings. The molecule has 0 aliphatic carbocycles. The second-order valence-corrected chi connectivity index (χ2v) is 6.97. The highest BCUT2D eigenvalue weighted by Crippen LogP contribution is 2.39. The Morgan fingerprint density at radius 3 is 1.67 bits per heavy atom. The quantitative estimate of drug-likeness (QED) is 0.397. The number of nitrogens with one attached hydrogen (secondary N) is 1. The molecule has 144 valence electrons. The normalized spacial score (nSPS) is 15.5. The van der Waals surface area contributed by atoms with E-state index in [0.29, 0.717) is 5.69 Å². The molecule has 0 spiro atoms. The lowest BCUT2D eigenvalue weighted by molar-refractivity contribution is -0.124. The van der Waals surface area contributed by atoms with Crippen LogP contribution in [0.25, 0.3) is 32.3 Å². The van der Waals surface area contributed by atoms with Crippen molar-refractivity contribution < 1.29 is 19.2 Å². The van der Waals surface area contributed by atoms with Crippen LogP contribution in [0.2, 0.25) is 0 Å². The third-order valence-electron chi connectivity index (χ3n) is 5.19. The molecule has 30 heavy (non-hydrogen) atoms. The van der Waals surface area contributed by atoms with Gasteiger partial charge in [0.1, 0.15) is 0 Å². The number of anilines is 1. The summed E-state index contributed by atoms with van der Waals surface area (Å²) in [5.74, 6) is -1.23. The Bertz CT molecular complexity index is 1400. The third-order valence-corrected chi connectivity index (χ3v) is 5.19. The molecule has 4 amide bonds. The van der Waals surface area contributed by atoms with Gasteiger partial charge >= 0.3 is 0 Å². The second kappa shape index (κ2) is 6.63. The molecular weight excluding hydrogens is 380 g/mol. The van der Waals surface area contributed by atoms with E-state index in [0.717, 1.165) is 26.9 Å². The Morgan fingerprint density at radius 1 is 0.567 bits per heavy atom. The van der Waals surface area contributed by atoms with Crippen LogP contribution >= 0.6 is 0 Å². The lowest BCUT2D eigenvalue weighted by Crippen LogP contribution is -2.29. The Morgan fingerprint density at radius 2 is 1.10 bits per heavy atom. The van der Waals surface area contributed by atoms with Crippen molar-refractivity contribution in [3.8, 4) is 0 Å². The molecule has 0 fully saturated rings. The lowest BCUT2D eigenvalue weighted by atomic mass is 9.93. The van der Waals surface area contributed by atoms with Crippen molar-refractivity contribution in [3.63, 3.8) is 0 Å². The average Bonchev–Trinajstić information content (AvgIpc) is 3.30. The van der Waals surface area contributed by atoms with Crippen LogP contribution in [0.3, 0.4) is 0 Å². The maximum Gasteiger partial charge on any atom is 0.258 e. The molecule has 0 aromatic heterocycles. The number of hydrogen-bond acceptors (Lipinski definition) is 4. The fourth-order valence-electron chi connectivity index (χ4n) is 3.91. The van der Waals surface area contributed by atoms with Crippen molar-refractivity contribution in [1.82, 2.24) is 5.32 Å². The van der Waals surface area contributed by atoms with Crippen molar-refractivity contribution in [2.45, 2.75) is 0 Å². The Balaban J connectivity index is 0.000000236. The van der Waals surface area contributed by atoms with Gasteiger partial charge in [0.15, 0.2) is 0 Å². The highest BCUT2D eigenvalue weighted by atomic mass is 16.2. The van der Waals surface area contributed by atoms with Gasteiger partial charge in [0.2, 0.25) is 0 Å². The number of hydrogen-bond donors (Lipinski definition) is 1. The zero-order valence-electron chi connectivity index (χ0n) is 15.6. The second-order valence-electron chi connectivity index (χ2n) is 6.97. The summed E-state index contributed by atoms with van der Waals surface area (Å²) in [5.41, 5.74) is 0.649. The molecule has 2 aliphatic rings. The molecule has 2 aliphatic heterocycles. The van der Waals surface area contributed by atoms with Gasteiger partial charge < -0.3 is 0 Å². The standard InChI is InChI=1S/C20H11NO2.C4H3NO2/c22-17-10-11-18(23)21(17)16-9-7-14-5-4-12-2-1-3-13-6-8-15(16)20(14)19(12)13;6-3-1-2-4(7)5-3/h1-11H;1-2H,(H,5,6,7). The van der Waals surface area contributed by atoms with Crippen molar-refractivity contribution in [2.75, 3.05) is 4.90 Å². The van der Waals surface area contributed by atoms with Crippen molar-refractivity contribution in [3.05, 3.63) is 78.9 Å². The van der Waals surface area contributed by atoms with E-state index in [1.54, 1.807) is 0 Å². The molecule has 6 nitrogen and oxygen atoms in total. The fourth-order valence-corrected chi connectivity index (χ4v) is 3.91. The zero-order valence-corrected chi connectivity index (χ0v) is 15.6. The van der Waals surface area contributed by atoms with E-state index in [2.05, 4.69) is 24.3 Å². The molecular formula is C24H14N2O4. The molecule has 6 rings (SSSR count). The first kappa shape index (κ1) is 17.8. The van der Waals surface area contributed by atoms with Crippen LogP contribution in [0.15, 0.2) is 78.9 Å². The molecule has 0 atom stereocenters. The number of amides is 4. The molecule has 0 saturated heterocycles. The van der Waals surface area contributed by atoms with Gasteiger partial charge in [-0.2, -0.15) is 0 Å². The van der Waals surface area contributed by atoms with Crippen LogP contribution < -0.4 is 10.2 Å². The summed E-state index contributed by atoms with van der Waals surface area (Å²) in [6.45, 7) is 0. The van der Waals surface area contributed by atoms with Crippen LogP contribution in [0.4, 0.5) is 5.69 Å². The Kier molecular flexibility index (Phi) is 3.93. The summed E-state index contributed by atoms with van der Waals surface area (Å²) < 4.78 is 0. The van der Waals surface area contributed by atoms with Gasteiger partial charge in [0.25, 0.3) is 23.6 Å². The Labute approximate surface area is 170 Å². The van der Waals surface area contributed by atoms with Gasteiger partial charge in [-0.3, -0.25) is 24.5 Å². The van der Waals surface area contributed by atoms with Crippen LogP contribution in [0.1, 0.15) is 0 Å². The lowest BCUT2D eigenvalue weighted by Gasteiger charge is -2.19. The van der Waals surface area contributed by atoms with E-state index in [-0.39, 0.29) is 23.6 Å². The maximum absolute atomic E-state index is 12.1. The minimum absolute atomic E-state index is 0.287. The molecule has 0 radical (unpaired) electrons. The third kappa shape index (κ3) is 2.74. The average molecular weight is 394 g/mol. The van der Waals surface area contributed by atoms with E-state index in [9.17, 15) is 19.2 Å². The first-order valence-corrected chi connectivity index (χ1v) is 9.28. The fraction of sp³-hybridized carbons (Fsp3) is 0. The molecule has 0 saturated carbocycles. The van der Waals surface area contributed by atoms with Gasteiger partial charge in [-0.05, 0) is 33.0 Å². The number of carbonyl (C=O) groups excluding carboxylic acids is 4. The van der Waals surface area contributed by atoms with Crippen LogP contribution in [-0.4, -0.2) is 23.6 Å². The zero-order chi connectivity index (χ0) is 20.8. The predicted octanol–water partition coefficient (Wildman–Crippen LogP) is 3.21. The highest BCUT2D eigenvalue weighted by Gasteiger charge is 2.27. The summed E-state index contributed by atoms with van der Waals surface area (Å²) in [6, 6.07) is 18.3. The van der Waals surface area contributed by atoms with E-state index in [1.807, 2.05) is 35.6 Å². The Hall–Kier alpha value is -4.32. The summed E-state index contributed by atoms with van der Waals surface area (Å²) in [7, 11) is 0. The SMILES string of the molecule is O=C1C=CC(=O)N1.O=C1C=CC(=O)N1c1ccc2ccc3cccc4ccc1c2c34. The number of rotatable bonds is 1. The molecule has 6 heteroatoms. The summed E-state index contributed by atoms with van der Waals surface area (Å²) in [5, 5.41) is 8.67. The topological polar surface area (TPSA) is 83.5 Å². The number of carbonyl (C=O) groups is 4. The van der Waals surface area contributed by atoms with Crippen LogP contribution in [0, 0.1) is 0 Å². The van der Waals surface area contributed by atoms with E-state index >= 15 is 0 Å². The first-order chi connectivity index (χ1) is 14.5. The molecule has 0 unspecified atom stereocenters.